The molecular weight excluding hydrogens is 400 g/mol. The Labute approximate surface area is 181 Å². The molecule has 0 unspecified atom stereocenters. The van der Waals surface area contributed by atoms with Crippen LogP contribution in [0.25, 0.3) is 10.2 Å². The van der Waals surface area contributed by atoms with E-state index in [4.69, 9.17) is 4.74 Å². The highest BCUT2D eigenvalue weighted by Gasteiger charge is 2.32. The van der Waals surface area contributed by atoms with Gasteiger partial charge in [-0.15, -0.1) is 11.3 Å². The van der Waals surface area contributed by atoms with Crippen LogP contribution in [0.1, 0.15) is 69.2 Å². The average Bonchev–Trinajstić information content (AvgIpc) is 3.26. The zero-order chi connectivity index (χ0) is 21.5. The number of anilines is 1. The van der Waals surface area contributed by atoms with Crippen molar-refractivity contribution in [2.75, 3.05) is 19.0 Å². The second kappa shape index (κ2) is 8.30. The van der Waals surface area contributed by atoms with Gasteiger partial charge in [-0.2, -0.15) is 0 Å². The molecule has 0 spiro atoms. The molecule has 4 rings (SSSR count). The highest BCUT2D eigenvalue weighted by molar-refractivity contribution is 7.19. The second-order valence-electron chi connectivity index (χ2n) is 9.50. The van der Waals surface area contributed by atoms with Gasteiger partial charge in [0.15, 0.2) is 0 Å². The van der Waals surface area contributed by atoms with Crippen molar-refractivity contribution in [2.24, 2.45) is 0 Å². The van der Waals surface area contributed by atoms with Gasteiger partial charge in [0, 0.05) is 29.9 Å². The zero-order valence-corrected chi connectivity index (χ0v) is 19.1. The van der Waals surface area contributed by atoms with Crippen molar-refractivity contribution in [3.8, 4) is 0 Å². The van der Waals surface area contributed by atoms with Gasteiger partial charge in [-0.1, -0.05) is 0 Å². The van der Waals surface area contributed by atoms with E-state index in [0.717, 1.165) is 54.6 Å². The summed E-state index contributed by atoms with van der Waals surface area (Å²) in [5.74, 6) is 1.08. The molecule has 0 bridgehead atoms. The topological polar surface area (TPSA) is 87.6 Å². The molecule has 8 heteroatoms. The highest BCUT2D eigenvalue weighted by Crippen LogP contribution is 2.45. The number of fused-ring (bicyclic) bond motifs is 3. The predicted molar refractivity (Wildman–Crippen MR) is 119 cm³/mol. The van der Waals surface area contributed by atoms with Gasteiger partial charge in [0.1, 0.15) is 22.6 Å². The molecule has 1 atom stereocenters. The Hall–Kier alpha value is -1.93. The molecule has 1 fully saturated rings. The van der Waals surface area contributed by atoms with Gasteiger partial charge < -0.3 is 20.1 Å². The molecule has 2 aromatic heterocycles. The lowest BCUT2D eigenvalue weighted by Crippen LogP contribution is -2.43. The third-order valence-electron chi connectivity index (χ3n) is 6.22. The van der Waals surface area contributed by atoms with Crippen LogP contribution >= 0.6 is 11.3 Å². The maximum Gasteiger partial charge on any atom is 0.410 e. The number of carbonyl (C=O) groups excluding carboxylic acids is 1. The van der Waals surface area contributed by atoms with Crippen LogP contribution in [0.2, 0.25) is 0 Å². The van der Waals surface area contributed by atoms with Crippen molar-refractivity contribution >= 4 is 33.5 Å². The summed E-state index contributed by atoms with van der Waals surface area (Å²) in [6, 6.07) is 0.517. The van der Waals surface area contributed by atoms with Crippen molar-refractivity contribution in [3.63, 3.8) is 0 Å². The largest absolute Gasteiger partial charge is 0.444 e. The Kier molecular flexibility index (Phi) is 5.90. The van der Waals surface area contributed by atoms with E-state index in [-0.39, 0.29) is 24.7 Å². The number of aryl methyl sites for hydroxylation is 1. The molecule has 1 saturated carbocycles. The first kappa shape index (κ1) is 21.3. The lowest BCUT2D eigenvalue weighted by Gasteiger charge is -2.36. The van der Waals surface area contributed by atoms with E-state index in [9.17, 15) is 9.90 Å². The van der Waals surface area contributed by atoms with Crippen LogP contribution in [0, 0.1) is 0 Å². The van der Waals surface area contributed by atoms with Gasteiger partial charge in [0.25, 0.3) is 0 Å². The number of hydrogen-bond donors (Lipinski definition) is 2. The van der Waals surface area contributed by atoms with Crippen LogP contribution in [0.5, 0.6) is 0 Å². The Balaban J connectivity index is 1.43. The van der Waals surface area contributed by atoms with Crippen molar-refractivity contribution in [2.45, 2.75) is 82.9 Å². The van der Waals surface area contributed by atoms with Crippen LogP contribution in [0.3, 0.4) is 0 Å². The van der Waals surface area contributed by atoms with E-state index in [2.05, 4.69) is 15.3 Å². The zero-order valence-electron chi connectivity index (χ0n) is 18.3. The molecule has 2 aliphatic carbocycles. The molecule has 0 aliphatic heterocycles. The number of nitrogens with one attached hydrogen (secondary N) is 1. The molecule has 2 aliphatic rings. The summed E-state index contributed by atoms with van der Waals surface area (Å²) in [5.41, 5.74) is 0.773. The molecule has 2 aromatic rings. The number of hydrogen-bond acceptors (Lipinski definition) is 7. The molecule has 7 nitrogen and oxygen atoms in total. The quantitative estimate of drug-likeness (QED) is 0.749. The number of ether oxygens (including phenoxy) is 1. The molecule has 1 amide bonds. The molecule has 2 N–H and O–H groups in total. The molecule has 164 valence electrons. The lowest BCUT2D eigenvalue weighted by molar-refractivity contribution is 0.0185. The number of nitrogens with zero attached hydrogens (tertiary/aromatic N) is 3. The first-order chi connectivity index (χ1) is 14.3. The van der Waals surface area contributed by atoms with Crippen LogP contribution in [-0.4, -0.2) is 57.4 Å². The molecule has 30 heavy (non-hydrogen) atoms. The average molecular weight is 433 g/mol. The predicted octanol–water partition coefficient (Wildman–Crippen LogP) is 4.30. The minimum atomic E-state index is -0.476. The van der Waals surface area contributed by atoms with Crippen LogP contribution < -0.4 is 5.32 Å². The van der Waals surface area contributed by atoms with Crippen molar-refractivity contribution in [3.05, 3.63) is 16.8 Å². The molecule has 0 radical (unpaired) electrons. The molecule has 2 heterocycles. The highest BCUT2D eigenvalue weighted by atomic mass is 32.1. The normalized spacial score (nSPS) is 24.0. The Morgan fingerprint density at radius 1 is 1.27 bits per heavy atom. The van der Waals surface area contributed by atoms with E-state index < -0.39 is 5.60 Å². The van der Waals surface area contributed by atoms with E-state index in [0.29, 0.717) is 6.04 Å². The number of aliphatic hydroxyl groups excluding tert-OH is 1. The third-order valence-corrected chi connectivity index (χ3v) is 7.39. The molecule has 0 saturated heterocycles. The summed E-state index contributed by atoms with van der Waals surface area (Å²) in [5, 5.41) is 14.6. The number of amides is 1. The number of aliphatic hydroxyl groups is 1. The lowest BCUT2D eigenvalue weighted by atomic mass is 9.90. The van der Waals surface area contributed by atoms with E-state index in [1.807, 2.05) is 27.8 Å². The number of thiophene rings is 1. The van der Waals surface area contributed by atoms with Crippen LogP contribution in [0.15, 0.2) is 6.33 Å². The summed E-state index contributed by atoms with van der Waals surface area (Å²) in [6.07, 6.45) is 7.21. The summed E-state index contributed by atoms with van der Waals surface area (Å²) >= 11 is 1.73. The maximum atomic E-state index is 12.4. The standard InChI is InChI=1S/C22H32N4O3S/c1-22(2,3)29-21(28)26(4)15-8-6-14(7-9-15)25-19-18-17-13(11-27)5-10-16(17)30-20(18)24-12-23-19/h12-15,27H,5-11H2,1-4H3,(H,23,24,25)/t13-,14?,15?/m1/s1. The van der Waals surface area contributed by atoms with Crippen molar-refractivity contribution in [1.82, 2.24) is 14.9 Å². The van der Waals surface area contributed by atoms with Crippen molar-refractivity contribution < 1.29 is 14.6 Å². The minimum absolute atomic E-state index is 0.176. The molecule has 0 aromatic carbocycles. The van der Waals surface area contributed by atoms with Gasteiger partial charge in [-0.25, -0.2) is 14.8 Å². The SMILES string of the molecule is CN(C(=O)OC(C)(C)C)C1CCC(Nc2ncnc3sc4c(c23)[C@@H](CO)CC4)CC1. The Morgan fingerprint density at radius 2 is 2.00 bits per heavy atom. The van der Waals surface area contributed by atoms with Gasteiger partial charge in [0.05, 0.1) is 12.0 Å². The summed E-state index contributed by atoms with van der Waals surface area (Å²) in [4.78, 5) is 25.5. The fourth-order valence-corrected chi connectivity index (χ4v) is 5.88. The number of rotatable bonds is 4. The molecular formula is C22H32N4O3S. The second-order valence-corrected chi connectivity index (χ2v) is 10.6. The van der Waals surface area contributed by atoms with Gasteiger partial charge >= 0.3 is 6.09 Å². The van der Waals surface area contributed by atoms with Gasteiger partial charge in [-0.3, -0.25) is 0 Å². The van der Waals surface area contributed by atoms with Crippen LogP contribution in [0.4, 0.5) is 10.6 Å². The third kappa shape index (κ3) is 4.25. The van der Waals surface area contributed by atoms with E-state index in [1.54, 1.807) is 22.6 Å². The summed E-state index contributed by atoms with van der Waals surface area (Å²) in [6.45, 7) is 5.86. The first-order valence-corrected chi connectivity index (χ1v) is 11.7. The van der Waals surface area contributed by atoms with Crippen LogP contribution in [-0.2, 0) is 11.2 Å². The minimum Gasteiger partial charge on any atom is -0.444 e. The van der Waals surface area contributed by atoms with E-state index in [1.165, 1.54) is 10.4 Å². The fourth-order valence-electron chi connectivity index (χ4n) is 4.64. The first-order valence-electron chi connectivity index (χ1n) is 10.9. The number of carbonyl (C=O) groups is 1. The summed E-state index contributed by atoms with van der Waals surface area (Å²) in [7, 11) is 1.84. The maximum absolute atomic E-state index is 12.4. The van der Waals surface area contributed by atoms with Crippen molar-refractivity contribution in [1.29, 1.82) is 0 Å². The fraction of sp³-hybridized carbons (Fsp3) is 0.682. The smallest absolute Gasteiger partial charge is 0.410 e. The van der Waals surface area contributed by atoms with Gasteiger partial charge in [-0.05, 0) is 64.9 Å². The number of aromatic nitrogens is 2. The summed E-state index contributed by atoms with van der Waals surface area (Å²) < 4.78 is 5.51. The Morgan fingerprint density at radius 3 is 2.67 bits per heavy atom. The monoisotopic (exact) mass is 432 g/mol. The Bertz CT molecular complexity index is 915. The van der Waals surface area contributed by atoms with Gasteiger partial charge in [0.2, 0.25) is 0 Å². The van der Waals surface area contributed by atoms with E-state index >= 15 is 0 Å².